The minimum absolute atomic E-state index is 0.228. The topological polar surface area (TPSA) is 55.7 Å². The maximum atomic E-state index is 9.09. The van der Waals surface area contributed by atoms with Crippen LogP contribution < -0.4 is 9.80 Å². The van der Waals surface area contributed by atoms with Crippen LogP contribution in [0.1, 0.15) is 12.8 Å². The first-order chi connectivity index (χ1) is 11.8. The molecule has 1 aromatic carbocycles. The molecule has 0 unspecified atom stereocenters. The molecule has 0 bridgehead atoms. The minimum Gasteiger partial charge on any atom is -0.395 e. The molecule has 2 aliphatic rings. The summed E-state index contributed by atoms with van der Waals surface area (Å²) in [5.41, 5.74) is 1.03. The molecule has 1 aromatic heterocycles. The van der Waals surface area contributed by atoms with E-state index in [9.17, 15) is 0 Å². The number of β-amino-alcohol motifs (C(OH)–C–C–N with tert-alkyl or cyclic N) is 1. The first-order valence-corrected chi connectivity index (χ1v) is 8.95. The number of aliphatic hydroxyl groups is 1. The fraction of sp³-hybridized carbons (Fsp3) is 0.556. The molecule has 24 heavy (non-hydrogen) atoms. The summed E-state index contributed by atoms with van der Waals surface area (Å²) < 4.78 is 0. The minimum atomic E-state index is 0.228. The van der Waals surface area contributed by atoms with Crippen molar-refractivity contribution >= 4 is 22.7 Å². The molecule has 3 heterocycles. The lowest BCUT2D eigenvalue weighted by atomic mass is 10.2. The number of fused-ring (bicyclic) bond motifs is 1. The Morgan fingerprint density at radius 2 is 1.62 bits per heavy atom. The van der Waals surface area contributed by atoms with E-state index in [1.807, 2.05) is 6.07 Å². The Labute approximate surface area is 142 Å². The third kappa shape index (κ3) is 3.03. The van der Waals surface area contributed by atoms with Gasteiger partial charge < -0.3 is 14.9 Å². The predicted molar refractivity (Wildman–Crippen MR) is 96.7 cm³/mol. The van der Waals surface area contributed by atoms with E-state index < -0.39 is 0 Å². The molecule has 0 amide bonds. The number of aromatic nitrogens is 2. The number of anilines is 2. The summed E-state index contributed by atoms with van der Waals surface area (Å²) in [6.07, 6.45) is 2.49. The molecule has 2 saturated heterocycles. The zero-order chi connectivity index (χ0) is 16.4. The standard InChI is InChI=1S/C18H25N5O/c24-14-13-21-9-11-23(12-10-21)18-19-16-6-2-1-5-15(16)17(20-18)22-7-3-4-8-22/h1-2,5-6,24H,3-4,7-14H2. The fourth-order valence-electron chi connectivity index (χ4n) is 3.67. The summed E-state index contributed by atoms with van der Waals surface area (Å²) in [5, 5.41) is 10.2. The van der Waals surface area contributed by atoms with Gasteiger partial charge in [0.25, 0.3) is 0 Å². The molecule has 6 nitrogen and oxygen atoms in total. The highest BCUT2D eigenvalue weighted by Crippen LogP contribution is 2.29. The molecule has 6 heteroatoms. The number of piperazine rings is 1. The molecule has 2 aromatic rings. The molecule has 2 fully saturated rings. The van der Waals surface area contributed by atoms with Crippen molar-refractivity contribution in [3.8, 4) is 0 Å². The summed E-state index contributed by atoms with van der Waals surface area (Å²) in [6, 6.07) is 8.33. The van der Waals surface area contributed by atoms with E-state index in [1.54, 1.807) is 0 Å². The second kappa shape index (κ2) is 6.91. The zero-order valence-corrected chi connectivity index (χ0v) is 14.1. The van der Waals surface area contributed by atoms with Crippen LogP contribution in [0.15, 0.2) is 24.3 Å². The molecule has 0 radical (unpaired) electrons. The van der Waals surface area contributed by atoms with Crippen LogP contribution in [0.4, 0.5) is 11.8 Å². The van der Waals surface area contributed by atoms with Crippen LogP contribution in [0, 0.1) is 0 Å². The number of aliphatic hydroxyl groups excluding tert-OH is 1. The Hall–Kier alpha value is -1.92. The van der Waals surface area contributed by atoms with Gasteiger partial charge in [0.1, 0.15) is 5.82 Å². The molecular formula is C18H25N5O. The Bertz CT molecular complexity index is 693. The van der Waals surface area contributed by atoms with Crippen LogP contribution in [-0.4, -0.2) is 72.4 Å². The molecule has 4 rings (SSSR count). The van der Waals surface area contributed by atoms with E-state index >= 15 is 0 Å². The van der Waals surface area contributed by atoms with Crippen molar-refractivity contribution in [2.24, 2.45) is 0 Å². The molecular weight excluding hydrogens is 302 g/mol. The van der Waals surface area contributed by atoms with Crippen molar-refractivity contribution < 1.29 is 5.11 Å². The summed E-state index contributed by atoms with van der Waals surface area (Å²) in [7, 11) is 0. The second-order valence-electron chi connectivity index (χ2n) is 6.61. The summed E-state index contributed by atoms with van der Waals surface area (Å²) in [5.74, 6) is 1.94. The molecule has 128 valence electrons. The van der Waals surface area contributed by atoms with Gasteiger partial charge in [-0.15, -0.1) is 0 Å². The third-order valence-electron chi connectivity index (χ3n) is 5.05. The monoisotopic (exact) mass is 327 g/mol. The third-order valence-corrected chi connectivity index (χ3v) is 5.05. The van der Waals surface area contributed by atoms with Gasteiger partial charge >= 0.3 is 0 Å². The second-order valence-corrected chi connectivity index (χ2v) is 6.61. The number of rotatable bonds is 4. The molecule has 0 spiro atoms. The highest BCUT2D eigenvalue weighted by atomic mass is 16.3. The lowest BCUT2D eigenvalue weighted by molar-refractivity contribution is 0.188. The Balaban J connectivity index is 1.64. The molecule has 0 aliphatic carbocycles. The SMILES string of the molecule is OCCN1CCN(c2nc(N3CCCC3)c3ccccc3n2)CC1. The maximum Gasteiger partial charge on any atom is 0.227 e. The first kappa shape index (κ1) is 15.6. The van der Waals surface area contributed by atoms with Crippen LogP contribution in [0.5, 0.6) is 0 Å². The average Bonchev–Trinajstić information content (AvgIpc) is 3.16. The van der Waals surface area contributed by atoms with Crippen LogP contribution in [0.3, 0.4) is 0 Å². The fourth-order valence-corrected chi connectivity index (χ4v) is 3.67. The lowest BCUT2D eigenvalue weighted by Gasteiger charge is -2.34. The Kier molecular flexibility index (Phi) is 4.49. The quantitative estimate of drug-likeness (QED) is 0.915. The number of hydrogen-bond acceptors (Lipinski definition) is 6. The van der Waals surface area contributed by atoms with Gasteiger partial charge in [0.05, 0.1) is 12.1 Å². The highest BCUT2D eigenvalue weighted by Gasteiger charge is 2.22. The van der Waals surface area contributed by atoms with E-state index in [1.165, 1.54) is 12.8 Å². The molecule has 0 atom stereocenters. The Morgan fingerprint density at radius 3 is 2.38 bits per heavy atom. The normalized spacial score (nSPS) is 19.4. The van der Waals surface area contributed by atoms with Crippen LogP contribution in [-0.2, 0) is 0 Å². The smallest absolute Gasteiger partial charge is 0.227 e. The van der Waals surface area contributed by atoms with Crippen LogP contribution >= 0.6 is 0 Å². The lowest BCUT2D eigenvalue weighted by Crippen LogP contribution is -2.47. The van der Waals surface area contributed by atoms with Crippen molar-refractivity contribution in [1.29, 1.82) is 0 Å². The van der Waals surface area contributed by atoms with Crippen molar-refractivity contribution in [2.75, 3.05) is 62.2 Å². The molecule has 0 saturated carbocycles. The summed E-state index contributed by atoms with van der Waals surface area (Å²) >= 11 is 0. The van der Waals surface area contributed by atoms with E-state index in [-0.39, 0.29) is 6.61 Å². The van der Waals surface area contributed by atoms with Crippen LogP contribution in [0.25, 0.3) is 10.9 Å². The summed E-state index contributed by atoms with van der Waals surface area (Å²) in [4.78, 5) is 16.7. The van der Waals surface area contributed by atoms with E-state index in [0.717, 1.165) is 68.5 Å². The average molecular weight is 327 g/mol. The largest absolute Gasteiger partial charge is 0.395 e. The predicted octanol–water partition coefficient (Wildman–Crippen LogP) is 1.34. The van der Waals surface area contributed by atoms with Crippen LogP contribution in [0.2, 0.25) is 0 Å². The summed E-state index contributed by atoms with van der Waals surface area (Å²) in [6.45, 7) is 6.90. The zero-order valence-electron chi connectivity index (χ0n) is 14.1. The molecule has 1 N–H and O–H groups in total. The van der Waals surface area contributed by atoms with Gasteiger partial charge in [-0.1, -0.05) is 12.1 Å². The number of benzene rings is 1. The van der Waals surface area contributed by atoms with E-state index in [2.05, 4.69) is 32.9 Å². The van der Waals surface area contributed by atoms with Gasteiger partial charge in [0.15, 0.2) is 0 Å². The van der Waals surface area contributed by atoms with Gasteiger partial charge in [-0.05, 0) is 25.0 Å². The Morgan fingerprint density at radius 1 is 0.875 bits per heavy atom. The number of hydrogen-bond donors (Lipinski definition) is 1. The van der Waals surface area contributed by atoms with E-state index in [4.69, 9.17) is 15.1 Å². The van der Waals surface area contributed by atoms with Crippen molar-refractivity contribution in [1.82, 2.24) is 14.9 Å². The molecule has 2 aliphatic heterocycles. The van der Waals surface area contributed by atoms with Gasteiger partial charge in [-0.3, -0.25) is 4.90 Å². The van der Waals surface area contributed by atoms with Crippen molar-refractivity contribution in [3.63, 3.8) is 0 Å². The van der Waals surface area contributed by atoms with Gasteiger partial charge in [0, 0.05) is 51.2 Å². The number of nitrogens with zero attached hydrogens (tertiary/aromatic N) is 5. The van der Waals surface area contributed by atoms with E-state index in [0.29, 0.717) is 0 Å². The maximum absolute atomic E-state index is 9.09. The van der Waals surface area contributed by atoms with Gasteiger partial charge in [-0.25, -0.2) is 4.98 Å². The number of para-hydroxylation sites is 1. The van der Waals surface area contributed by atoms with Gasteiger partial charge in [-0.2, -0.15) is 4.98 Å². The van der Waals surface area contributed by atoms with Crippen molar-refractivity contribution in [3.05, 3.63) is 24.3 Å². The van der Waals surface area contributed by atoms with Crippen molar-refractivity contribution in [2.45, 2.75) is 12.8 Å². The first-order valence-electron chi connectivity index (χ1n) is 8.95. The highest BCUT2D eigenvalue weighted by molar-refractivity contribution is 5.90. The van der Waals surface area contributed by atoms with Gasteiger partial charge in [0.2, 0.25) is 5.95 Å².